The molecular weight excluding hydrogens is 168 g/mol. The van der Waals surface area contributed by atoms with E-state index in [1.54, 1.807) is 0 Å². The summed E-state index contributed by atoms with van der Waals surface area (Å²) in [5.41, 5.74) is 0. The van der Waals surface area contributed by atoms with Gasteiger partial charge in [0.25, 0.3) is 0 Å². The minimum Gasteiger partial charge on any atom is -0.489 e. The average molecular weight is 181 g/mol. The molecule has 0 spiro atoms. The summed E-state index contributed by atoms with van der Waals surface area (Å²) >= 11 is 1.53. The lowest BCUT2D eigenvalue weighted by atomic mass is 10.3. The third-order valence-electron chi connectivity index (χ3n) is 1.41. The number of allylic oxidation sites excluding steroid dienone is 1. The molecule has 1 aromatic heterocycles. The average Bonchev–Trinajstić information content (AvgIpc) is 2.57. The molecule has 1 nitrogen and oxygen atoms in total. The van der Waals surface area contributed by atoms with Crippen LogP contribution in [-0.4, -0.2) is 6.61 Å². The summed E-state index contributed by atoms with van der Waals surface area (Å²) in [6, 6.07) is 1.86. The van der Waals surface area contributed by atoms with E-state index < -0.39 is 0 Å². The van der Waals surface area contributed by atoms with Crippen molar-refractivity contribution in [1.29, 1.82) is 0 Å². The van der Waals surface area contributed by atoms with E-state index in [-0.39, 0.29) is 0 Å². The van der Waals surface area contributed by atoms with Gasteiger partial charge in [-0.15, -0.1) is 11.3 Å². The summed E-state index contributed by atoms with van der Waals surface area (Å²) in [4.78, 5) is 0. The van der Waals surface area contributed by atoms with Crippen LogP contribution in [0, 0.1) is 5.38 Å². The Balaban J connectivity index is 2.11. The monoisotopic (exact) mass is 181 g/mol. The molecule has 1 aromatic rings. The Morgan fingerprint density at radius 1 is 1.58 bits per heavy atom. The minimum absolute atomic E-state index is 0.671. The van der Waals surface area contributed by atoms with Crippen molar-refractivity contribution in [2.75, 3.05) is 6.61 Å². The topological polar surface area (TPSA) is 9.23 Å². The third-order valence-corrected chi connectivity index (χ3v) is 2.02. The Morgan fingerprint density at radius 2 is 2.50 bits per heavy atom. The minimum atomic E-state index is 0.671. The first kappa shape index (κ1) is 9.33. The van der Waals surface area contributed by atoms with E-state index >= 15 is 0 Å². The van der Waals surface area contributed by atoms with Crippen molar-refractivity contribution in [1.82, 2.24) is 0 Å². The molecule has 0 aromatic carbocycles. The summed E-state index contributed by atoms with van der Waals surface area (Å²) in [5.74, 6) is 0.918. The Labute approximate surface area is 77.7 Å². The summed E-state index contributed by atoms with van der Waals surface area (Å²) < 4.78 is 5.38. The van der Waals surface area contributed by atoms with Crippen LogP contribution in [0.15, 0.2) is 23.6 Å². The first-order valence-corrected chi connectivity index (χ1v) is 5.04. The predicted octanol–water partition coefficient (Wildman–Crippen LogP) is 3.28. The van der Waals surface area contributed by atoms with Gasteiger partial charge in [-0.25, -0.2) is 0 Å². The van der Waals surface area contributed by atoms with Crippen LogP contribution in [0.1, 0.15) is 19.8 Å². The fourth-order valence-electron chi connectivity index (χ4n) is 0.791. The molecule has 0 saturated carbocycles. The van der Waals surface area contributed by atoms with E-state index in [4.69, 9.17) is 4.74 Å². The lowest BCUT2D eigenvalue weighted by molar-refractivity contribution is 0.364. The summed E-state index contributed by atoms with van der Waals surface area (Å²) in [7, 11) is 0. The first-order valence-electron chi connectivity index (χ1n) is 4.16. The van der Waals surface area contributed by atoms with E-state index in [1.165, 1.54) is 17.8 Å². The number of hydrogen-bond donors (Lipinski definition) is 0. The largest absolute Gasteiger partial charge is 0.489 e. The fraction of sp³-hybridized carbons (Fsp3) is 0.400. The highest BCUT2D eigenvalue weighted by atomic mass is 32.1. The van der Waals surface area contributed by atoms with E-state index in [0.717, 1.165) is 12.2 Å². The molecule has 1 radical (unpaired) electrons. The van der Waals surface area contributed by atoms with Gasteiger partial charge in [-0.2, -0.15) is 0 Å². The molecule has 0 aliphatic heterocycles. The molecule has 65 valence electrons. The lowest BCUT2D eigenvalue weighted by Crippen LogP contribution is -1.90. The van der Waals surface area contributed by atoms with Crippen molar-refractivity contribution in [3.05, 3.63) is 29.0 Å². The molecule has 0 unspecified atom stereocenters. The molecule has 0 aliphatic carbocycles. The van der Waals surface area contributed by atoms with Gasteiger partial charge in [0.2, 0.25) is 0 Å². The maximum absolute atomic E-state index is 5.38. The highest BCUT2D eigenvalue weighted by Crippen LogP contribution is 2.13. The zero-order valence-corrected chi connectivity index (χ0v) is 8.06. The van der Waals surface area contributed by atoms with Gasteiger partial charge in [-0.3, -0.25) is 0 Å². The predicted molar refractivity (Wildman–Crippen MR) is 52.7 cm³/mol. The number of rotatable bonds is 5. The zero-order chi connectivity index (χ0) is 8.65. The van der Waals surface area contributed by atoms with Crippen molar-refractivity contribution in [2.45, 2.75) is 19.8 Å². The normalized spacial score (nSPS) is 10.8. The number of unbranched alkanes of at least 4 members (excludes halogenated alkanes) is 1. The Hall–Kier alpha value is -0.760. The first-order chi connectivity index (χ1) is 5.93. The van der Waals surface area contributed by atoms with Crippen LogP contribution in [0.3, 0.4) is 0 Å². The highest BCUT2D eigenvalue weighted by Gasteiger charge is 1.88. The van der Waals surface area contributed by atoms with Gasteiger partial charge < -0.3 is 4.74 Å². The van der Waals surface area contributed by atoms with Crippen LogP contribution < -0.4 is 4.74 Å². The molecule has 0 bridgehead atoms. The summed E-state index contributed by atoms with van der Waals surface area (Å²) in [5, 5.41) is 4.93. The SMILES string of the molecule is CCC/C=C/COc1c[c]sc1. The van der Waals surface area contributed by atoms with Gasteiger partial charge >= 0.3 is 0 Å². The van der Waals surface area contributed by atoms with Gasteiger partial charge in [0.1, 0.15) is 12.4 Å². The van der Waals surface area contributed by atoms with E-state index in [9.17, 15) is 0 Å². The van der Waals surface area contributed by atoms with E-state index in [1.807, 2.05) is 11.4 Å². The van der Waals surface area contributed by atoms with Gasteiger partial charge in [-0.05, 0) is 12.5 Å². The second-order valence-electron chi connectivity index (χ2n) is 2.47. The van der Waals surface area contributed by atoms with Crippen molar-refractivity contribution >= 4 is 11.3 Å². The van der Waals surface area contributed by atoms with Gasteiger partial charge in [0.15, 0.2) is 0 Å². The standard InChI is InChI=1S/C10H13OS/c1-2-3-4-5-7-11-10-6-8-12-9-10/h4-6,9H,2-3,7H2,1H3/b5-4+. The maximum atomic E-state index is 5.38. The van der Waals surface area contributed by atoms with Gasteiger partial charge in [-0.1, -0.05) is 25.5 Å². The maximum Gasteiger partial charge on any atom is 0.131 e. The summed E-state index contributed by atoms with van der Waals surface area (Å²) in [6.07, 6.45) is 6.54. The Morgan fingerprint density at radius 3 is 3.17 bits per heavy atom. The summed E-state index contributed by atoms with van der Waals surface area (Å²) in [6.45, 7) is 2.84. The molecule has 0 amide bonds. The third kappa shape index (κ3) is 3.58. The van der Waals surface area contributed by atoms with Crippen molar-refractivity contribution in [2.24, 2.45) is 0 Å². The van der Waals surface area contributed by atoms with Gasteiger partial charge in [0, 0.05) is 10.8 Å². The Kier molecular flexibility index (Phi) is 4.54. The number of thiophene rings is 1. The number of hydrogen-bond acceptors (Lipinski definition) is 2. The molecule has 0 fully saturated rings. The quantitative estimate of drug-likeness (QED) is 0.633. The fourth-order valence-corrected chi connectivity index (χ4v) is 1.30. The van der Waals surface area contributed by atoms with Crippen LogP contribution in [0.5, 0.6) is 5.75 Å². The molecule has 0 atom stereocenters. The molecule has 12 heavy (non-hydrogen) atoms. The second-order valence-corrected chi connectivity index (χ2v) is 3.18. The molecule has 1 heterocycles. The van der Waals surface area contributed by atoms with Crippen LogP contribution in [0.25, 0.3) is 0 Å². The van der Waals surface area contributed by atoms with Crippen molar-refractivity contribution < 1.29 is 4.74 Å². The highest BCUT2D eigenvalue weighted by molar-refractivity contribution is 7.07. The molecule has 2 heteroatoms. The molecule has 0 saturated heterocycles. The van der Waals surface area contributed by atoms with Crippen LogP contribution in [-0.2, 0) is 0 Å². The zero-order valence-electron chi connectivity index (χ0n) is 7.25. The molecule has 0 aliphatic rings. The van der Waals surface area contributed by atoms with E-state index in [0.29, 0.717) is 6.61 Å². The molecule has 0 N–H and O–H groups in total. The lowest BCUT2D eigenvalue weighted by Gasteiger charge is -1.97. The van der Waals surface area contributed by atoms with Crippen LogP contribution in [0.4, 0.5) is 0 Å². The Bertz CT molecular complexity index is 214. The van der Waals surface area contributed by atoms with Crippen molar-refractivity contribution in [3.8, 4) is 5.75 Å². The van der Waals surface area contributed by atoms with E-state index in [2.05, 4.69) is 24.5 Å². The smallest absolute Gasteiger partial charge is 0.131 e. The van der Waals surface area contributed by atoms with Crippen LogP contribution in [0.2, 0.25) is 0 Å². The number of ether oxygens (including phenoxy) is 1. The van der Waals surface area contributed by atoms with Crippen molar-refractivity contribution in [3.63, 3.8) is 0 Å². The molecule has 1 rings (SSSR count). The second kappa shape index (κ2) is 5.84. The molecular formula is C10H13OS. The van der Waals surface area contributed by atoms with Crippen LogP contribution >= 0.6 is 11.3 Å². The van der Waals surface area contributed by atoms with Gasteiger partial charge in [0.05, 0.1) is 0 Å².